The lowest BCUT2D eigenvalue weighted by atomic mass is 10.2. The maximum absolute atomic E-state index is 12.2. The summed E-state index contributed by atoms with van der Waals surface area (Å²) in [6.45, 7) is 1.15. The minimum Gasteiger partial charge on any atom is -0.507 e. The Balaban J connectivity index is 1.59. The Morgan fingerprint density at radius 2 is 2.00 bits per heavy atom. The van der Waals surface area contributed by atoms with Crippen molar-refractivity contribution in [3.8, 4) is 5.75 Å². The Kier molecular flexibility index (Phi) is 5.36. The predicted octanol–water partition coefficient (Wildman–Crippen LogP) is 3.26. The van der Waals surface area contributed by atoms with Crippen LogP contribution < -0.4 is 5.32 Å². The molecule has 0 radical (unpaired) electrons. The Hall–Kier alpha value is -2.79. The average Bonchev–Trinajstić information content (AvgIpc) is 3.05. The molecule has 0 fully saturated rings. The van der Waals surface area contributed by atoms with Crippen molar-refractivity contribution >= 4 is 17.5 Å². The van der Waals surface area contributed by atoms with E-state index in [0.717, 1.165) is 12.4 Å². The summed E-state index contributed by atoms with van der Waals surface area (Å²) in [5, 5.41) is 13.0. The van der Waals surface area contributed by atoms with Gasteiger partial charge in [0.15, 0.2) is 0 Å². The van der Waals surface area contributed by atoms with E-state index in [2.05, 4.69) is 27.0 Å². The fourth-order valence-corrected chi connectivity index (χ4v) is 2.74. The molecule has 5 nitrogen and oxygen atoms in total. The molecular weight excluding hydrogens is 338 g/mol. The number of phenols is 1. The van der Waals surface area contributed by atoms with Gasteiger partial charge in [0.2, 0.25) is 0 Å². The normalized spacial score (nSPS) is 10.6. The van der Waals surface area contributed by atoms with E-state index in [1.807, 2.05) is 24.4 Å². The van der Waals surface area contributed by atoms with Crippen LogP contribution in [-0.4, -0.2) is 27.1 Å². The molecule has 1 aromatic heterocycles. The molecule has 2 N–H and O–H groups in total. The van der Waals surface area contributed by atoms with Crippen LogP contribution in [0.3, 0.4) is 0 Å². The summed E-state index contributed by atoms with van der Waals surface area (Å²) in [5.41, 5.74) is 1.36. The molecule has 6 heteroatoms. The van der Waals surface area contributed by atoms with E-state index in [4.69, 9.17) is 11.6 Å². The van der Waals surface area contributed by atoms with Crippen LogP contribution in [0.25, 0.3) is 0 Å². The smallest absolute Gasteiger partial charge is 0.255 e. The highest BCUT2D eigenvalue weighted by atomic mass is 35.5. The number of carbonyl (C=O) groups excluding carboxylic acids is 1. The van der Waals surface area contributed by atoms with Gasteiger partial charge >= 0.3 is 0 Å². The predicted molar refractivity (Wildman–Crippen MR) is 96.9 cm³/mol. The van der Waals surface area contributed by atoms with Crippen molar-refractivity contribution in [2.75, 3.05) is 6.54 Å². The van der Waals surface area contributed by atoms with E-state index in [9.17, 15) is 9.90 Å². The number of nitrogens with one attached hydrogen (secondary N) is 1. The van der Waals surface area contributed by atoms with Gasteiger partial charge in [0.1, 0.15) is 11.6 Å². The summed E-state index contributed by atoms with van der Waals surface area (Å²) < 4.78 is 2.05. The first-order valence-corrected chi connectivity index (χ1v) is 8.32. The summed E-state index contributed by atoms with van der Waals surface area (Å²) in [7, 11) is 0. The number of aromatic hydroxyl groups is 1. The van der Waals surface area contributed by atoms with Crippen LogP contribution in [0.1, 0.15) is 21.7 Å². The quantitative estimate of drug-likeness (QED) is 0.713. The molecule has 3 aromatic rings. The molecule has 0 saturated carbocycles. The minimum atomic E-state index is -0.360. The first-order valence-electron chi connectivity index (χ1n) is 7.94. The number of phenolic OH excluding ortho intramolecular Hbond substituents is 1. The number of aromatic nitrogens is 2. The average molecular weight is 356 g/mol. The molecule has 1 amide bonds. The van der Waals surface area contributed by atoms with E-state index in [-0.39, 0.29) is 17.2 Å². The van der Waals surface area contributed by atoms with Gasteiger partial charge in [0, 0.05) is 36.9 Å². The molecule has 128 valence electrons. The minimum absolute atomic E-state index is 0.0903. The van der Waals surface area contributed by atoms with Gasteiger partial charge in [-0.1, -0.05) is 41.9 Å². The van der Waals surface area contributed by atoms with Crippen LogP contribution in [0.5, 0.6) is 5.75 Å². The topological polar surface area (TPSA) is 67.2 Å². The zero-order valence-corrected chi connectivity index (χ0v) is 14.3. The van der Waals surface area contributed by atoms with Crippen LogP contribution in [0.4, 0.5) is 0 Å². The summed E-state index contributed by atoms with van der Waals surface area (Å²) in [6.07, 6.45) is 4.27. The highest BCUT2D eigenvalue weighted by molar-refractivity contribution is 6.31. The first-order chi connectivity index (χ1) is 12.1. The Morgan fingerprint density at radius 1 is 1.20 bits per heavy atom. The number of hydrogen-bond acceptors (Lipinski definition) is 3. The van der Waals surface area contributed by atoms with Crippen molar-refractivity contribution in [1.29, 1.82) is 0 Å². The van der Waals surface area contributed by atoms with Crippen molar-refractivity contribution in [3.63, 3.8) is 0 Å². The molecule has 1 heterocycles. The fraction of sp³-hybridized carbons (Fsp3) is 0.158. The van der Waals surface area contributed by atoms with Crippen LogP contribution in [0, 0.1) is 0 Å². The van der Waals surface area contributed by atoms with Gasteiger partial charge in [-0.3, -0.25) is 4.79 Å². The molecule has 0 saturated heterocycles. The zero-order valence-electron chi connectivity index (χ0n) is 13.5. The number of amides is 1. The third-order valence-electron chi connectivity index (χ3n) is 3.83. The Bertz CT molecular complexity index is 862. The van der Waals surface area contributed by atoms with Gasteiger partial charge in [-0.15, -0.1) is 0 Å². The summed E-state index contributed by atoms with van der Waals surface area (Å²) in [4.78, 5) is 16.5. The summed E-state index contributed by atoms with van der Waals surface area (Å²) in [6, 6.07) is 14.5. The van der Waals surface area contributed by atoms with Crippen molar-refractivity contribution in [2.45, 2.75) is 13.0 Å². The van der Waals surface area contributed by atoms with E-state index in [0.29, 0.717) is 18.0 Å². The lowest BCUT2D eigenvalue weighted by Gasteiger charge is -2.10. The van der Waals surface area contributed by atoms with Crippen LogP contribution >= 0.6 is 11.6 Å². The zero-order chi connectivity index (χ0) is 17.6. The van der Waals surface area contributed by atoms with Crippen molar-refractivity contribution in [2.24, 2.45) is 0 Å². The molecule has 3 rings (SSSR count). The summed E-state index contributed by atoms with van der Waals surface area (Å²) in [5.74, 6) is 0.438. The van der Waals surface area contributed by atoms with E-state index < -0.39 is 0 Å². The Morgan fingerprint density at radius 3 is 2.80 bits per heavy atom. The fourth-order valence-electron chi connectivity index (χ4n) is 2.57. The monoisotopic (exact) mass is 355 g/mol. The van der Waals surface area contributed by atoms with Crippen molar-refractivity contribution < 1.29 is 9.90 Å². The molecule has 0 atom stereocenters. The lowest BCUT2D eigenvalue weighted by molar-refractivity contribution is 0.0951. The third-order valence-corrected chi connectivity index (χ3v) is 4.07. The number of nitrogens with zero attached hydrogens (tertiary/aromatic N) is 2. The second-order valence-electron chi connectivity index (χ2n) is 5.62. The molecule has 0 unspecified atom stereocenters. The van der Waals surface area contributed by atoms with Gasteiger partial charge in [0.25, 0.3) is 5.91 Å². The molecule has 0 aliphatic heterocycles. The second kappa shape index (κ2) is 7.85. The highest BCUT2D eigenvalue weighted by Gasteiger charge is 2.12. The van der Waals surface area contributed by atoms with Gasteiger partial charge in [0.05, 0.1) is 5.56 Å². The third kappa shape index (κ3) is 4.39. The van der Waals surface area contributed by atoms with Crippen LogP contribution in [-0.2, 0) is 13.0 Å². The van der Waals surface area contributed by atoms with Gasteiger partial charge < -0.3 is 15.0 Å². The molecular formula is C19H18ClN3O2. The van der Waals surface area contributed by atoms with Crippen LogP contribution in [0.2, 0.25) is 5.02 Å². The Labute approximate surface area is 150 Å². The van der Waals surface area contributed by atoms with Gasteiger partial charge in [-0.2, -0.15) is 0 Å². The number of hydrogen-bond donors (Lipinski definition) is 2. The lowest BCUT2D eigenvalue weighted by Crippen LogP contribution is -2.26. The number of carbonyl (C=O) groups is 1. The highest BCUT2D eigenvalue weighted by Crippen LogP contribution is 2.21. The SMILES string of the molecule is O=C(NCCc1nccn1Cc1ccccc1)c1cc(Cl)ccc1O. The number of benzene rings is 2. The van der Waals surface area contributed by atoms with E-state index in [1.54, 1.807) is 6.20 Å². The van der Waals surface area contributed by atoms with Crippen molar-refractivity contribution in [3.05, 3.63) is 82.9 Å². The largest absolute Gasteiger partial charge is 0.507 e. The number of halogens is 1. The molecule has 25 heavy (non-hydrogen) atoms. The molecule has 0 spiro atoms. The maximum atomic E-state index is 12.2. The molecule has 0 bridgehead atoms. The standard InChI is InChI=1S/C19H18ClN3O2/c20-15-6-7-17(24)16(12-15)19(25)22-9-8-18-21-10-11-23(18)13-14-4-2-1-3-5-14/h1-7,10-12,24H,8-9,13H2,(H,22,25). The molecule has 0 aliphatic carbocycles. The summed E-state index contributed by atoms with van der Waals surface area (Å²) >= 11 is 5.87. The van der Waals surface area contributed by atoms with Gasteiger partial charge in [-0.25, -0.2) is 4.98 Å². The van der Waals surface area contributed by atoms with Crippen molar-refractivity contribution in [1.82, 2.24) is 14.9 Å². The second-order valence-corrected chi connectivity index (χ2v) is 6.06. The van der Waals surface area contributed by atoms with Gasteiger partial charge in [-0.05, 0) is 23.8 Å². The maximum Gasteiger partial charge on any atom is 0.255 e. The number of imidazole rings is 1. The van der Waals surface area contributed by atoms with E-state index in [1.165, 1.54) is 23.8 Å². The molecule has 2 aromatic carbocycles. The number of rotatable bonds is 6. The first kappa shape index (κ1) is 17.0. The molecule has 0 aliphatic rings. The van der Waals surface area contributed by atoms with Crippen LogP contribution in [0.15, 0.2) is 60.9 Å². The van der Waals surface area contributed by atoms with E-state index >= 15 is 0 Å².